The van der Waals surface area contributed by atoms with Crippen LogP contribution in [0.1, 0.15) is 35.0 Å². The molecule has 0 aliphatic carbocycles. The molecule has 2 atom stereocenters. The zero-order valence-electron chi connectivity index (χ0n) is 17.7. The maximum absolute atomic E-state index is 14.9. The van der Waals surface area contributed by atoms with Crippen LogP contribution in [-0.2, 0) is 22.1 Å². The van der Waals surface area contributed by atoms with Crippen molar-refractivity contribution in [3.05, 3.63) is 76.6 Å². The SMILES string of the molecule is O=S(=O)(Cc1ncns1)c1cc(F)c(CN2CC[C@@H](C(F)(F)F)C[C@@H]2c2ccccc2)cc1F. The number of halogens is 5. The topological polar surface area (TPSA) is 63.2 Å². The molecule has 182 valence electrons. The van der Waals surface area contributed by atoms with Gasteiger partial charge in [0, 0.05) is 18.2 Å². The van der Waals surface area contributed by atoms with Gasteiger partial charge >= 0.3 is 6.18 Å². The molecule has 1 aliphatic heterocycles. The van der Waals surface area contributed by atoms with Crippen LogP contribution in [0.5, 0.6) is 0 Å². The molecule has 0 N–H and O–H groups in total. The van der Waals surface area contributed by atoms with Crippen molar-refractivity contribution in [2.45, 2.75) is 42.3 Å². The highest BCUT2D eigenvalue weighted by molar-refractivity contribution is 7.90. The number of nitrogens with zero attached hydrogens (tertiary/aromatic N) is 3. The first-order chi connectivity index (χ1) is 16.0. The third-order valence-electron chi connectivity index (χ3n) is 5.89. The monoisotopic (exact) mass is 517 g/mol. The van der Waals surface area contributed by atoms with E-state index in [9.17, 15) is 30.4 Å². The van der Waals surface area contributed by atoms with Gasteiger partial charge in [-0.05, 0) is 48.6 Å². The van der Waals surface area contributed by atoms with E-state index in [0.29, 0.717) is 11.6 Å². The average molecular weight is 518 g/mol. The van der Waals surface area contributed by atoms with Crippen LogP contribution in [0, 0.1) is 17.6 Å². The fourth-order valence-corrected chi connectivity index (χ4v) is 6.35. The summed E-state index contributed by atoms with van der Waals surface area (Å²) in [6.45, 7) is -0.133. The fraction of sp³-hybridized carbons (Fsp3) is 0.364. The molecule has 2 heterocycles. The van der Waals surface area contributed by atoms with Gasteiger partial charge in [0.05, 0.1) is 5.92 Å². The number of hydrogen-bond donors (Lipinski definition) is 0. The minimum Gasteiger partial charge on any atom is -0.292 e. The van der Waals surface area contributed by atoms with Crippen LogP contribution in [-0.4, -0.2) is 35.4 Å². The van der Waals surface area contributed by atoms with E-state index in [1.54, 1.807) is 35.2 Å². The van der Waals surface area contributed by atoms with Gasteiger partial charge < -0.3 is 0 Å². The number of benzene rings is 2. The largest absolute Gasteiger partial charge is 0.391 e. The summed E-state index contributed by atoms with van der Waals surface area (Å²) < 4.78 is 98.7. The molecule has 3 aromatic rings. The van der Waals surface area contributed by atoms with E-state index in [2.05, 4.69) is 9.36 Å². The Morgan fingerprint density at radius 1 is 1.09 bits per heavy atom. The number of alkyl halides is 3. The summed E-state index contributed by atoms with van der Waals surface area (Å²) in [5, 5.41) is 0.141. The molecule has 0 radical (unpaired) electrons. The molecule has 1 fully saturated rings. The molecule has 0 saturated carbocycles. The van der Waals surface area contributed by atoms with Crippen LogP contribution in [0.15, 0.2) is 53.7 Å². The summed E-state index contributed by atoms with van der Waals surface area (Å²) in [5.41, 5.74) is 0.521. The van der Waals surface area contributed by atoms with Crippen LogP contribution in [0.25, 0.3) is 0 Å². The van der Waals surface area contributed by atoms with E-state index in [0.717, 1.165) is 17.6 Å². The zero-order valence-corrected chi connectivity index (χ0v) is 19.3. The summed E-state index contributed by atoms with van der Waals surface area (Å²) in [6.07, 6.45) is -3.54. The number of rotatable bonds is 6. The number of likely N-dealkylation sites (tertiary alicyclic amines) is 1. The Morgan fingerprint density at radius 2 is 1.82 bits per heavy atom. The molecule has 2 aromatic carbocycles. The van der Waals surface area contributed by atoms with Crippen LogP contribution < -0.4 is 0 Å². The summed E-state index contributed by atoms with van der Waals surface area (Å²) in [6, 6.07) is 9.36. The maximum atomic E-state index is 14.9. The molecule has 0 bridgehead atoms. The molecule has 1 aromatic heterocycles. The number of hydrogen-bond acceptors (Lipinski definition) is 6. The summed E-state index contributed by atoms with van der Waals surface area (Å²) in [7, 11) is -4.21. The second kappa shape index (κ2) is 9.67. The second-order valence-corrected chi connectivity index (χ2v) is 11.0. The predicted octanol–water partition coefficient (Wildman–Crippen LogP) is 5.31. The van der Waals surface area contributed by atoms with E-state index >= 15 is 0 Å². The lowest BCUT2D eigenvalue weighted by molar-refractivity contribution is -0.190. The smallest absolute Gasteiger partial charge is 0.292 e. The van der Waals surface area contributed by atoms with Gasteiger partial charge in [0.1, 0.15) is 33.6 Å². The molecule has 0 spiro atoms. The van der Waals surface area contributed by atoms with Crippen molar-refractivity contribution in [3.8, 4) is 0 Å². The van der Waals surface area contributed by atoms with Crippen molar-refractivity contribution in [2.75, 3.05) is 6.54 Å². The van der Waals surface area contributed by atoms with Crippen molar-refractivity contribution >= 4 is 21.4 Å². The van der Waals surface area contributed by atoms with Crippen LogP contribution in [0.3, 0.4) is 0 Å². The summed E-state index contributed by atoms with van der Waals surface area (Å²) in [4.78, 5) is 4.64. The fourth-order valence-electron chi connectivity index (χ4n) is 4.17. The number of sulfone groups is 1. The highest BCUT2D eigenvalue weighted by Crippen LogP contribution is 2.42. The molecule has 0 amide bonds. The van der Waals surface area contributed by atoms with Crippen molar-refractivity contribution in [1.82, 2.24) is 14.3 Å². The molecule has 1 saturated heterocycles. The van der Waals surface area contributed by atoms with Crippen molar-refractivity contribution < 1.29 is 30.4 Å². The predicted molar refractivity (Wildman–Crippen MR) is 116 cm³/mol. The van der Waals surface area contributed by atoms with E-state index < -0.39 is 50.3 Å². The average Bonchev–Trinajstić information content (AvgIpc) is 3.28. The first-order valence-electron chi connectivity index (χ1n) is 10.4. The maximum Gasteiger partial charge on any atom is 0.391 e. The number of piperidine rings is 1. The van der Waals surface area contributed by atoms with Gasteiger partial charge in [-0.15, -0.1) is 0 Å². The normalized spacial score (nSPS) is 19.9. The Bertz CT molecular complexity index is 1240. The lowest BCUT2D eigenvalue weighted by Gasteiger charge is -2.40. The van der Waals surface area contributed by atoms with Crippen molar-refractivity contribution in [1.29, 1.82) is 0 Å². The standard InChI is InChI=1S/C22H20F5N3O2S2/c23-17-10-20(34(31,32)12-21-28-13-29-33-21)18(24)8-15(17)11-30-7-6-16(22(25,26)27)9-19(30)14-4-2-1-3-5-14/h1-5,8,10,13,16,19H,6-7,9,11-12H2/t16-,19-/m1/s1. The van der Waals surface area contributed by atoms with E-state index in [1.165, 1.54) is 6.33 Å². The molecule has 0 unspecified atom stereocenters. The second-order valence-electron chi connectivity index (χ2n) is 8.13. The van der Waals surface area contributed by atoms with Crippen molar-refractivity contribution in [2.24, 2.45) is 5.92 Å². The Hall–Kier alpha value is -2.44. The van der Waals surface area contributed by atoms with Gasteiger partial charge in [-0.2, -0.15) is 17.5 Å². The zero-order chi connectivity index (χ0) is 24.5. The van der Waals surface area contributed by atoms with E-state index in [-0.39, 0.29) is 36.5 Å². The molecule has 5 nitrogen and oxygen atoms in total. The highest BCUT2D eigenvalue weighted by Gasteiger charge is 2.44. The first kappa shape index (κ1) is 24.7. The Balaban J connectivity index is 1.60. The Morgan fingerprint density at radius 3 is 2.47 bits per heavy atom. The van der Waals surface area contributed by atoms with Gasteiger partial charge in [-0.25, -0.2) is 22.2 Å². The molecule has 34 heavy (non-hydrogen) atoms. The van der Waals surface area contributed by atoms with Gasteiger partial charge in [-0.3, -0.25) is 4.90 Å². The van der Waals surface area contributed by atoms with Crippen LogP contribution in [0.4, 0.5) is 22.0 Å². The molecule has 4 rings (SSSR count). The van der Waals surface area contributed by atoms with Gasteiger partial charge in [0.25, 0.3) is 0 Å². The van der Waals surface area contributed by atoms with Crippen molar-refractivity contribution in [3.63, 3.8) is 0 Å². The minimum atomic E-state index is -4.35. The molecule has 12 heteroatoms. The van der Waals surface area contributed by atoms with Crippen LogP contribution in [0.2, 0.25) is 0 Å². The molecule has 1 aliphatic rings. The van der Waals surface area contributed by atoms with E-state index in [4.69, 9.17) is 0 Å². The first-order valence-corrected chi connectivity index (χ1v) is 12.8. The van der Waals surface area contributed by atoms with E-state index in [1.807, 2.05) is 0 Å². The van der Waals surface area contributed by atoms with Crippen LogP contribution >= 0.6 is 11.5 Å². The quantitative estimate of drug-likeness (QED) is 0.415. The van der Waals surface area contributed by atoms with Gasteiger partial charge in [-0.1, -0.05) is 30.3 Å². The highest BCUT2D eigenvalue weighted by atomic mass is 32.2. The molecular weight excluding hydrogens is 497 g/mol. The third-order valence-corrected chi connectivity index (χ3v) is 8.37. The Labute approximate surface area is 197 Å². The Kier molecular flexibility index (Phi) is 7.02. The molecular formula is C22H20F5N3O2S2. The third kappa shape index (κ3) is 5.44. The van der Waals surface area contributed by atoms with Gasteiger partial charge in [0.15, 0.2) is 9.84 Å². The minimum absolute atomic E-state index is 0.0297. The summed E-state index contributed by atoms with van der Waals surface area (Å²) in [5.74, 6) is -4.18. The summed E-state index contributed by atoms with van der Waals surface area (Å²) >= 11 is 0.838. The lowest BCUT2D eigenvalue weighted by atomic mass is 9.86. The van der Waals surface area contributed by atoms with Gasteiger partial charge in [0.2, 0.25) is 0 Å². The number of aromatic nitrogens is 2. The lowest BCUT2D eigenvalue weighted by Crippen LogP contribution is -2.41.